The summed E-state index contributed by atoms with van der Waals surface area (Å²) in [6.07, 6.45) is -22.1. The van der Waals surface area contributed by atoms with Gasteiger partial charge in [-0.1, -0.05) is 6.92 Å². The van der Waals surface area contributed by atoms with Crippen LogP contribution in [-0.2, 0) is 49.0 Å². The van der Waals surface area contributed by atoms with Crippen LogP contribution in [0.2, 0.25) is 0 Å². The number of pyridine rings is 2. The lowest BCUT2D eigenvalue weighted by molar-refractivity contribution is -0.348. The highest BCUT2D eigenvalue weighted by molar-refractivity contribution is 5.94. The molecule has 0 radical (unpaired) electrons. The molecule has 286 valence electrons. The number of carbonyl (C=O) groups excluding carboxylic acids is 2. The minimum atomic E-state index is -5.46. The third-order valence-electron chi connectivity index (χ3n) is 10.7. The Morgan fingerprint density at radius 3 is 2.53 bits per heavy atom. The average molecular weight is 754 g/mol. The minimum absolute atomic E-state index is 0.00519. The van der Waals surface area contributed by atoms with Gasteiger partial charge in [-0.2, -0.15) is 13.2 Å². The molecule has 7 N–H and O–H groups in total. The molecule has 1 amide bonds. The van der Waals surface area contributed by atoms with Crippen molar-refractivity contribution < 1.29 is 72.0 Å². The number of halogens is 4. The number of rotatable bonds is 7. The van der Waals surface area contributed by atoms with E-state index in [4.69, 9.17) is 14.2 Å². The van der Waals surface area contributed by atoms with E-state index < -0.39 is 97.2 Å². The molecular formula is C34H35F4N3O12. The SMILES string of the molecule is CC[C@@]1(O)C(=O)OCc2c1cc1n(c2=O)Cc2c-1nc1cc(F)c(C)c3c1c2[C@@H](NC(=O)[C@@H](O)C(O[C@@H]1O[C@H](CO)[C@@H](O)[C@H](O)[C@H]1O)C(F)(F)F)CC3. The van der Waals surface area contributed by atoms with Gasteiger partial charge in [-0.3, -0.25) is 9.59 Å². The van der Waals surface area contributed by atoms with Gasteiger partial charge in [-0.25, -0.2) is 14.2 Å². The molecule has 5 heterocycles. The first kappa shape index (κ1) is 37.2. The number of hydrogen-bond acceptors (Lipinski definition) is 13. The number of aliphatic hydroxyl groups is 6. The molecule has 0 saturated carbocycles. The van der Waals surface area contributed by atoms with Crippen molar-refractivity contribution in [3.63, 3.8) is 0 Å². The number of amides is 1. The summed E-state index contributed by atoms with van der Waals surface area (Å²) >= 11 is 0. The zero-order valence-corrected chi connectivity index (χ0v) is 28.1. The van der Waals surface area contributed by atoms with E-state index in [1.165, 1.54) is 24.5 Å². The summed E-state index contributed by atoms with van der Waals surface area (Å²) in [4.78, 5) is 44.6. The van der Waals surface area contributed by atoms with Gasteiger partial charge in [-0.05, 0) is 48.9 Å². The lowest BCUT2D eigenvalue weighted by Gasteiger charge is -2.41. The first-order valence-corrected chi connectivity index (χ1v) is 16.8. The topological polar surface area (TPSA) is 230 Å². The zero-order valence-electron chi connectivity index (χ0n) is 28.1. The Labute approximate surface area is 296 Å². The Kier molecular flexibility index (Phi) is 9.17. The molecule has 0 spiro atoms. The number of ether oxygens (including phenoxy) is 3. The first-order chi connectivity index (χ1) is 24.9. The summed E-state index contributed by atoms with van der Waals surface area (Å²) in [6, 6.07) is 1.43. The summed E-state index contributed by atoms with van der Waals surface area (Å²) in [5, 5.41) is 64.6. The number of aromatic nitrogens is 2. The quantitative estimate of drug-likeness (QED) is 0.0955. The standard InChI is InChI=1S/C34H35F4N3O12/c1-3-33(50)15-6-19-23-13(8-41(19)30(48)14(15)10-51-32(33)49)22-17(5-4-12-11(2)16(35)7-18(39-23)21(12)22)40-29(47)27(46)28(34(36,37)38)53-31-26(45)25(44)24(43)20(9-42)52-31/h6-7,17,20,24-28,31,42-46,50H,3-5,8-10H2,1-2H3,(H,40,47)/t17-,20+,24+,25-,26+,27-,28?,31-,33-/m0/s1. The summed E-state index contributed by atoms with van der Waals surface area (Å²) < 4.78 is 74.4. The largest absolute Gasteiger partial charge is 0.458 e. The second-order valence-electron chi connectivity index (χ2n) is 13.7. The molecule has 1 aromatic carbocycles. The molecule has 1 aliphatic carbocycles. The van der Waals surface area contributed by atoms with E-state index in [0.29, 0.717) is 22.1 Å². The van der Waals surface area contributed by atoms with Crippen LogP contribution in [0.4, 0.5) is 17.6 Å². The normalized spacial score (nSPS) is 28.9. The third-order valence-corrected chi connectivity index (χ3v) is 10.7. The molecule has 1 fully saturated rings. The molecule has 7 rings (SSSR count). The summed E-state index contributed by atoms with van der Waals surface area (Å²) in [7, 11) is 0. The van der Waals surface area contributed by atoms with Gasteiger partial charge >= 0.3 is 12.1 Å². The minimum Gasteiger partial charge on any atom is -0.458 e. The predicted molar refractivity (Wildman–Crippen MR) is 169 cm³/mol. The Morgan fingerprint density at radius 1 is 1.15 bits per heavy atom. The van der Waals surface area contributed by atoms with E-state index >= 15 is 4.39 Å². The fourth-order valence-electron chi connectivity index (χ4n) is 7.75. The van der Waals surface area contributed by atoms with Crippen LogP contribution in [0.15, 0.2) is 16.9 Å². The van der Waals surface area contributed by atoms with Crippen molar-refractivity contribution in [3.8, 4) is 11.4 Å². The number of aryl methyl sites for hydroxylation is 1. The average Bonchev–Trinajstić information content (AvgIpc) is 3.49. The van der Waals surface area contributed by atoms with Crippen molar-refractivity contribution in [1.82, 2.24) is 14.9 Å². The molecule has 15 nitrogen and oxygen atoms in total. The lowest BCUT2D eigenvalue weighted by atomic mass is 9.81. The Bertz CT molecular complexity index is 2090. The van der Waals surface area contributed by atoms with Crippen LogP contribution in [-0.4, -0.2) is 108 Å². The van der Waals surface area contributed by atoms with Crippen LogP contribution >= 0.6 is 0 Å². The van der Waals surface area contributed by atoms with Crippen molar-refractivity contribution in [3.05, 3.63) is 61.7 Å². The predicted octanol–water partition coefficient (Wildman–Crippen LogP) is -0.261. The molecule has 0 bridgehead atoms. The van der Waals surface area contributed by atoms with Gasteiger partial charge in [0.15, 0.2) is 24.1 Å². The Hall–Kier alpha value is -4.08. The smallest absolute Gasteiger partial charge is 0.417 e. The van der Waals surface area contributed by atoms with E-state index in [9.17, 15) is 58.2 Å². The summed E-state index contributed by atoms with van der Waals surface area (Å²) in [6.45, 7) is 1.50. The van der Waals surface area contributed by atoms with Crippen LogP contribution in [0.3, 0.4) is 0 Å². The molecule has 19 heteroatoms. The van der Waals surface area contributed by atoms with Crippen LogP contribution in [0.25, 0.3) is 22.3 Å². The lowest BCUT2D eigenvalue weighted by Crippen LogP contribution is -2.62. The molecule has 3 aromatic rings. The van der Waals surface area contributed by atoms with Crippen LogP contribution in [0.1, 0.15) is 59.2 Å². The van der Waals surface area contributed by atoms with Crippen molar-refractivity contribution in [2.75, 3.05) is 6.61 Å². The van der Waals surface area contributed by atoms with Gasteiger partial charge in [0.25, 0.3) is 11.5 Å². The van der Waals surface area contributed by atoms with Crippen molar-refractivity contribution >= 4 is 22.8 Å². The fraction of sp³-hybridized carbons (Fsp3) is 0.529. The maximum atomic E-state index is 15.2. The number of cyclic esters (lactones) is 1. The second-order valence-corrected chi connectivity index (χ2v) is 13.7. The van der Waals surface area contributed by atoms with Crippen LogP contribution in [0.5, 0.6) is 0 Å². The number of fused-ring (bicyclic) bond motifs is 5. The molecular weight excluding hydrogens is 718 g/mol. The first-order valence-electron chi connectivity index (χ1n) is 16.8. The third kappa shape index (κ3) is 5.72. The van der Waals surface area contributed by atoms with Gasteiger partial charge in [0, 0.05) is 22.6 Å². The highest BCUT2D eigenvalue weighted by atomic mass is 19.4. The number of aliphatic hydroxyl groups excluding tert-OH is 5. The van der Waals surface area contributed by atoms with Crippen molar-refractivity contribution in [2.45, 2.75) is 107 Å². The van der Waals surface area contributed by atoms with Gasteiger partial charge in [0.1, 0.15) is 36.8 Å². The van der Waals surface area contributed by atoms with Gasteiger partial charge in [-0.15, -0.1) is 0 Å². The number of nitrogens with one attached hydrogen (secondary N) is 1. The second kappa shape index (κ2) is 13.0. The van der Waals surface area contributed by atoms with E-state index in [2.05, 4.69) is 10.3 Å². The molecule has 53 heavy (non-hydrogen) atoms. The number of nitrogens with zero attached hydrogens (tertiary/aromatic N) is 2. The molecule has 9 atom stereocenters. The summed E-state index contributed by atoms with van der Waals surface area (Å²) in [5.41, 5.74) is -0.904. The molecule has 1 saturated heterocycles. The number of carbonyl (C=O) groups is 2. The summed E-state index contributed by atoms with van der Waals surface area (Å²) in [5.74, 6) is -3.13. The van der Waals surface area contributed by atoms with Crippen LogP contribution in [0, 0.1) is 12.7 Å². The molecule has 1 unspecified atom stereocenters. The Morgan fingerprint density at radius 2 is 1.87 bits per heavy atom. The van der Waals surface area contributed by atoms with E-state index in [-0.39, 0.29) is 59.4 Å². The number of hydrogen-bond donors (Lipinski definition) is 7. The van der Waals surface area contributed by atoms with Crippen LogP contribution < -0.4 is 10.9 Å². The highest BCUT2D eigenvalue weighted by Crippen LogP contribution is 2.46. The van der Waals surface area contributed by atoms with Crippen molar-refractivity contribution in [2.24, 2.45) is 0 Å². The monoisotopic (exact) mass is 753 g/mol. The van der Waals surface area contributed by atoms with Gasteiger partial charge < -0.3 is 54.7 Å². The number of esters is 1. The zero-order chi connectivity index (χ0) is 38.5. The molecule has 3 aliphatic heterocycles. The highest BCUT2D eigenvalue weighted by Gasteiger charge is 2.54. The molecule has 4 aliphatic rings. The molecule has 2 aromatic heterocycles. The number of alkyl halides is 3. The van der Waals surface area contributed by atoms with Gasteiger partial charge in [0.2, 0.25) is 0 Å². The maximum absolute atomic E-state index is 15.2. The number of benzene rings is 1. The van der Waals surface area contributed by atoms with E-state index in [0.717, 1.165) is 6.07 Å². The van der Waals surface area contributed by atoms with Crippen molar-refractivity contribution in [1.29, 1.82) is 0 Å². The van der Waals surface area contributed by atoms with Gasteiger partial charge in [0.05, 0.1) is 41.7 Å². The maximum Gasteiger partial charge on any atom is 0.417 e. The van der Waals surface area contributed by atoms with E-state index in [1.54, 1.807) is 0 Å². The Balaban J connectivity index is 1.28. The fourth-order valence-corrected chi connectivity index (χ4v) is 7.75. The van der Waals surface area contributed by atoms with E-state index in [1.807, 2.05) is 0 Å².